The summed E-state index contributed by atoms with van der Waals surface area (Å²) in [6.07, 6.45) is 6.85. The highest BCUT2D eigenvalue weighted by atomic mass is 16.5. The van der Waals surface area contributed by atoms with E-state index >= 15 is 0 Å². The van der Waals surface area contributed by atoms with E-state index in [1.54, 1.807) is 0 Å². The Morgan fingerprint density at radius 3 is 2.41 bits per heavy atom. The van der Waals surface area contributed by atoms with Crippen LogP contribution in [-0.2, 0) is 4.74 Å². The maximum Gasteiger partial charge on any atom is 0.0700 e. The van der Waals surface area contributed by atoms with Crippen LogP contribution < -0.4 is 10.6 Å². The van der Waals surface area contributed by atoms with Gasteiger partial charge in [0.1, 0.15) is 0 Å². The summed E-state index contributed by atoms with van der Waals surface area (Å²) in [5.74, 6) is 0. The molecule has 17 heavy (non-hydrogen) atoms. The lowest BCUT2D eigenvalue weighted by Gasteiger charge is -2.10. The second-order valence-corrected chi connectivity index (χ2v) is 4.63. The molecular formula is C14H32N2O. The minimum atomic E-state index is 0.505. The quantitative estimate of drug-likeness (QED) is 0.722. The average Bonchev–Trinajstić information content (AvgIpc) is 2.87. The second-order valence-electron chi connectivity index (χ2n) is 4.63. The molecule has 0 amide bonds. The van der Waals surface area contributed by atoms with Gasteiger partial charge in [-0.25, -0.2) is 0 Å². The Balaban J connectivity index is 0.000000304. The summed E-state index contributed by atoms with van der Waals surface area (Å²) in [6.45, 7) is 9.62. The van der Waals surface area contributed by atoms with E-state index in [2.05, 4.69) is 31.4 Å². The standard InChI is InChI=1S/C7H15NO.C7H17N/c1-2-8-6-7-4-3-5-9-7;1-4-6-7(5-2)8-3/h7-8H,2-6H2,1H3;7-8H,4-6H2,1-3H3. The van der Waals surface area contributed by atoms with Gasteiger partial charge in [0.05, 0.1) is 6.10 Å². The summed E-state index contributed by atoms with van der Waals surface area (Å²) in [5, 5.41) is 6.52. The molecule has 2 N–H and O–H groups in total. The molecule has 0 bridgehead atoms. The summed E-state index contributed by atoms with van der Waals surface area (Å²) in [4.78, 5) is 0. The van der Waals surface area contributed by atoms with Gasteiger partial charge >= 0.3 is 0 Å². The van der Waals surface area contributed by atoms with Crippen molar-refractivity contribution in [2.75, 3.05) is 26.7 Å². The third-order valence-corrected chi connectivity index (χ3v) is 3.18. The van der Waals surface area contributed by atoms with Crippen LogP contribution in [0.4, 0.5) is 0 Å². The van der Waals surface area contributed by atoms with E-state index < -0.39 is 0 Å². The molecule has 2 unspecified atom stereocenters. The molecule has 1 heterocycles. The smallest absolute Gasteiger partial charge is 0.0700 e. The van der Waals surface area contributed by atoms with Crippen LogP contribution in [0.2, 0.25) is 0 Å². The van der Waals surface area contributed by atoms with Crippen molar-refractivity contribution in [2.45, 2.75) is 65.0 Å². The molecule has 0 radical (unpaired) electrons. The van der Waals surface area contributed by atoms with E-state index in [4.69, 9.17) is 4.74 Å². The third kappa shape index (κ3) is 9.57. The van der Waals surface area contributed by atoms with E-state index in [9.17, 15) is 0 Å². The number of hydrogen-bond donors (Lipinski definition) is 2. The molecule has 2 atom stereocenters. The zero-order chi connectivity index (χ0) is 12.9. The fraction of sp³-hybridized carbons (Fsp3) is 1.00. The van der Waals surface area contributed by atoms with Crippen LogP contribution in [0.15, 0.2) is 0 Å². The van der Waals surface area contributed by atoms with E-state index in [0.29, 0.717) is 6.10 Å². The molecule has 104 valence electrons. The SMILES string of the molecule is CCCC(CC)NC.CCNCC1CCCO1. The maximum absolute atomic E-state index is 5.39. The molecular weight excluding hydrogens is 212 g/mol. The number of ether oxygens (including phenoxy) is 1. The second kappa shape index (κ2) is 12.3. The summed E-state index contributed by atoms with van der Waals surface area (Å²) in [7, 11) is 2.03. The van der Waals surface area contributed by atoms with Crippen LogP contribution in [0, 0.1) is 0 Å². The predicted octanol–water partition coefficient (Wildman–Crippen LogP) is 2.56. The van der Waals surface area contributed by atoms with Crippen molar-refractivity contribution in [3.63, 3.8) is 0 Å². The molecule has 0 saturated carbocycles. The molecule has 3 nitrogen and oxygen atoms in total. The van der Waals surface area contributed by atoms with E-state index in [-0.39, 0.29) is 0 Å². The molecule has 0 aromatic heterocycles. The van der Waals surface area contributed by atoms with Crippen molar-refractivity contribution in [1.82, 2.24) is 10.6 Å². The largest absolute Gasteiger partial charge is 0.377 e. The molecule has 1 fully saturated rings. The van der Waals surface area contributed by atoms with Gasteiger partial charge in [-0.15, -0.1) is 0 Å². The van der Waals surface area contributed by atoms with Crippen LogP contribution in [-0.4, -0.2) is 38.9 Å². The molecule has 0 aromatic rings. The first-order chi connectivity index (χ1) is 8.28. The Kier molecular flexibility index (Phi) is 12.3. The zero-order valence-corrected chi connectivity index (χ0v) is 12.2. The van der Waals surface area contributed by atoms with Crippen molar-refractivity contribution in [2.24, 2.45) is 0 Å². The van der Waals surface area contributed by atoms with E-state index in [1.165, 1.54) is 32.1 Å². The van der Waals surface area contributed by atoms with Gasteiger partial charge < -0.3 is 15.4 Å². The monoisotopic (exact) mass is 244 g/mol. The van der Waals surface area contributed by atoms with Gasteiger partial charge in [-0.1, -0.05) is 27.2 Å². The zero-order valence-electron chi connectivity index (χ0n) is 12.2. The minimum Gasteiger partial charge on any atom is -0.377 e. The molecule has 0 aromatic carbocycles. The Bertz CT molecular complexity index is 143. The number of rotatable bonds is 7. The predicted molar refractivity (Wildman–Crippen MR) is 75.6 cm³/mol. The highest BCUT2D eigenvalue weighted by Gasteiger charge is 2.13. The summed E-state index contributed by atoms with van der Waals surface area (Å²) < 4.78 is 5.39. The molecule has 1 saturated heterocycles. The third-order valence-electron chi connectivity index (χ3n) is 3.18. The Morgan fingerprint density at radius 1 is 1.29 bits per heavy atom. The van der Waals surface area contributed by atoms with Crippen LogP contribution in [0.1, 0.15) is 52.9 Å². The molecule has 0 aliphatic carbocycles. The number of hydrogen-bond acceptors (Lipinski definition) is 3. The van der Waals surface area contributed by atoms with Crippen LogP contribution in [0.25, 0.3) is 0 Å². The fourth-order valence-corrected chi connectivity index (χ4v) is 2.01. The number of nitrogens with one attached hydrogen (secondary N) is 2. The van der Waals surface area contributed by atoms with Gasteiger partial charge in [-0.05, 0) is 39.3 Å². The van der Waals surface area contributed by atoms with Crippen LogP contribution in [0.3, 0.4) is 0 Å². The highest BCUT2D eigenvalue weighted by Crippen LogP contribution is 2.10. The Labute approximate surface area is 108 Å². The summed E-state index contributed by atoms with van der Waals surface area (Å²) in [5.41, 5.74) is 0. The average molecular weight is 244 g/mol. The first-order valence-electron chi connectivity index (χ1n) is 7.27. The van der Waals surface area contributed by atoms with Crippen molar-refractivity contribution < 1.29 is 4.74 Å². The first kappa shape index (κ1) is 16.9. The maximum atomic E-state index is 5.39. The molecule has 3 heteroatoms. The van der Waals surface area contributed by atoms with E-state index in [1.807, 2.05) is 7.05 Å². The van der Waals surface area contributed by atoms with E-state index in [0.717, 1.165) is 25.7 Å². The van der Waals surface area contributed by atoms with Crippen molar-refractivity contribution >= 4 is 0 Å². The lowest BCUT2D eigenvalue weighted by Crippen LogP contribution is -2.25. The van der Waals surface area contributed by atoms with Gasteiger partial charge in [0, 0.05) is 19.2 Å². The van der Waals surface area contributed by atoms with Crippen molar-refractivity contribution in [3.05, 3.63) is 0 Å². The number of likely N-dealkylation sites (N-methyl/N-ethyl adjacent to an activating group) is 1. The first-order valence-corrected chi connectivity index (χ1v) is 7.27. The minimum absolute atomic E-state index is 0.505. The van der Waals surface area contributed by atoms with Crippen molar-refractivity contribution in [3.8, 4) is 0 Å². The molecule has 1 aliphatic heterocycles. The fourth-order valence-electron chi connectivity index (χ4n) is 2.01. The van der Waals surface area contributed by atoms with Crippen molar-refractivity contribution in [1.29, 1.82) is 0 Å². The van der Waals surface area contributed by atoms with Crippen LogP contribution in [0.5, 0.6) is 0 Å². The van der Waals surface area contributed by atoms with Gasteiger partial charge in [0.15, 0.2) is 0 Å². The lowest BCUT2D eigenvalue weighted by molar-refractivity contribution is 0.110. The normalized spacial score (nSPS) is 20.8. The van der Waals surface area contributed by atoms with Gasteiger partial charge in [-0.3, -0.25) is 0 Å². The molecule has 0 spiro atoms. The van der Waals surface area contributed by atoms with Gasteiger partial charge in [0.25, 0.3) is 0 Å². The Morgan fingerprint density at radius 2 is 2.06 bits per heavy atom. The van der Waals surface area contributed by atoms with Crippen LogP contribution >= 0.6 is 0 Å². The molecule has 1 aliphatic rings. The van der Waals surface area contributed by atoms with Gasteiger partial charge in [0.2, 0.25) is 0 Å². The summed E-state index contributed by atoms with van der Waals surface area (Å²) >= 11 is 0. The molecule has 1 rings (SSSR count). The highest BCUT2D eigenvalue weighted by molar-refractivity contribution is 4.66. The topological polar surface area (TPSA) is 33.3 Å². The summed E-state index contributed by atoms with van der Waals surface area (Å²) in [6, 6.07) is 0.750. The van der Waals surface area contributed by atoms with Gasteiger partial charge in [-0.2, -0.15) is 0 Å². The lowest BCUT2D eigenvalue weighted by atomic mass is 10.1. The Hall–Kier alpha value is -0.120.